The molecule has 0 saturated carbocycles. The highest BCUT2D eigenvalue weighted by atomic mass is 127. The fourth-order valence-electron chi connectivity index (χ4n) is 3.30. The molecule has 1 N–H and O–H groups in total. The highest BCUT2D eigenvalue weighted by Gasteiger charge is 2.16. The molecule has 0 spiro atoms. The lowest BCUT2D eigenvalue weighted by Crippen LogP contribution is -1.96. The van der Waals surface area contributed by atoms with Crippen molar-refractivity contribution >= 4 is 74.3 Å². The molecule has 3 aromatic heterocycles. The Morgan fingerprint density at radius 3 is 2.62 bits per heavy atom. The smallest absolute Gasteiger partial charge is 0.167 e. The molecule has 1 atom stereocenters. The molecule has 3 heterocycles. The molecule has 1 aromatic carbocycles. The van der Waals surface area contributed by atoms with Gasteiger partial charge in [-0.3, -0.25) is 9.02 Å². The number of pyridine rings is 1. The number of fused-ring (bicyclic) bond motifs is 1. The average molecular weight is 557 g/mol. The maximum atomic E-state index is 6.32. The summed E-state index contributed by atoms with van der Waals surface area (Å²) in [6.07, 6.45) is 4.61. The van der Waals surface area contributed by atoms with Crippen molar-refractivity contribution in [1.82, 2.24) is 24.1 Å². The number of nitrogens with one attached hydrogen (secondary N) is 1. The zero-order chi connectivity index (χ0) is 20.7. The fourth-order valence-corrected chi connectivity index (χ4v) is 6.22. The van der Waals surface area contributed by atoms with Crippen LogP contribution in [0.15, 0.2) is 35.4 Å². The van der Waals surface area contributed by atoms with Crippen LogP contribution in [0.25, 0.3) is 22.4 Å². The summed E-state index contributed by atoms with van der Waals surface area (Å²) >= 11 is 10.3. The van der Waals surface area contributed by atoms with E-state index < -0.39 is 0 Å². The minimum atomic E-state index is 0.447. The molecule has 0 aliphatic rings. The van der Waals surface area contributed by atoms with Gasteiger partial charge in [0.05, 0.1) is 23.4 Å². The lowest BCUT2D eigenvalue weighted by atomic mass is 10.1. The molecule has 150 valence electrons. The lowest BCUT2D eigenvalue weighted by Gasteiger charge is -2.13. The van der Waals surface area contributed by atoms with Gasteiger partial charge in [-0.25, -0.2) is 9.97 Å². The Kier molecular flexibility index (Phi) is 6.06. The van der Waals surface area contributed by atoms with Gasteiger partial charge < -0.3 is 5.32 Å². The molecule has 0 amide bonds. The minimum absolute atomic E-state index is 0.447. The van der Waals surface area contributed by atoms with Gasteiger partial charge in [-0.2, -0.15) is 5.10 Å². The summed E-state index contributed by atoms with van der Waals surface area (Å²) in [5, 5.41) is 8.56. The molecule has 0 bridgehead atoms. The van der Waals surface area contributed by atoms with Crippen molar-refractivity contribution in [2.45, 2.75) is 18.7 Å². The molecular formula is C19H19ClIN6PS. The van der Waals surface area contributed by atoms with Crippen molar-refractivity contribution in [3.05, 3.63) is 47.0 Å². The maximum absolute atomic E-state index is 6.32. The summed E-state index contributed by atoms with van der Waals surface area (Å²) < 4.78 is 3.92. The Morgan fingerprint density at radius 2 is 1.97 bits per heavy atom. The third-order valence-corrected chi connectivity index (χ3v) is 7.72. The van der Waals surface area contributed by atoms with Crippen molar-refractivity contribution in [3.8, 4) is 11.3 Å². The first-order valence-corrected chi connectivity index (χ1v) is 14.5. The van der Waals surface area contributed by atoms with Gasteiger partial charge in [0.15, 0.2) is 5.65 Å². The van der Waals surface area contributed by atoms with Crippen LogP contribution in [-0.4, -0.2) is 30.3 Å². The van der Waals surface area contributed by atoms with Crippen LogP contribution in [0.3, 0.4) is 0 Å². The van der Waals surface area contributed by atoms with E-state index in [0.29, 0.717) is 11.5 Å². The summed E-state index contributed by atoms with van der Waals surface area (Å²) in [7, 11) is 1.94. The van der Waals surface area contributed by atoms with Crippen molar-refractivity contribution in [3.63, 3.8) is 0 Å². The molecule has 4 rings (SSSR count). The third kappa shape index (κ3) is 4.00. The number of aryl methyl sites for hydroxylation is 3. The molecular weight excluding hydrogens is 538 g/mol. The van der Waals surface area contributed by atoms with Crippen molar-refractivity contribution in [2.75, 3.05) is 11.6 Å². The first kappa shape index (κ1) is 20.9. The number of thioether (sulfide) groups is 1. The van der Waals surface area contributed by atoms with E-state index in [-0.39, 0.29) is 0 Å². The second kappa shape index (κ2) is 8.41. The van der Waals surface area contributed by atoms with Crippen LogP contribution in [0.1, 0.15) is 11.4 Å². The van der Waals surface area contributed by atoms with E-state index in [0.717, 1.165) is 50.1 Å². The number of hydrogen-bond donors (Lipinski definition) is 1. The molecule has 6 nitrogen and oxygen atoms in total. The van der Waals surface area contributed by atoms with Crippen molar-refractivity contribution in [1.29, 1.82) is 0 Å². The molecule has 1 unspecified atom stereocenters. The van der Waals surface area contributed by atoms with Crippen LogP contribution in [-0.2, 0) is 7.05 Å². The Hall–Kier alpha value is -1.35. The topological polar surface area (TPSA) is 60.6 Å². The van der Waals surface area contributed by atoms with E-state index in [1.807, 2.05) is 30.9 Å². The molecule has 0 fully saturated rings. The molecule has 0 saturated heterocycles. The van der Waals surface area contributed by atoms with Gasteiger partial charge in [-0.05, 0) is 59.8 Å². The SMILES string of the molecule is CSc1cc(-c2nn(C)cc2C)ccc1Nc1cc(Cl)nc2c1nc(C)n2PI. The number of imidazole rings is 1. The van der Waals surface area contributed by atoms with Crippen LogP contribution in [0.2, 0.25) is 5.15 Å². The highest BCUT2D eigenvalue weighted by Crippen LogP contribution is 2.37. The maximum Gasteiger partial charge on any atom is 0.167 e. The predicted octanol–water partition coefficient (Wildman–Crippen LogP) is 6.36. The molecule has 0 aliphatic carbocycles. The quantitative estimate of drug-likeness (QED) is 0.134. The Morgan fingerprint density at radius 1 is 1.17 bits per heavy atom. The van der Waals surface area contributed by atoms with Crippen LogP contribution in [0.4, 0.5) is 11.4 Å². The number of benzene rings is 1. The van der Waals surface area contributed by atoms with Gasteiger partial charge >= 0.3 is 0 Å². The largest absolute Gasteiger partial charge is 0.353 e. The number of rotatable bonds is 5. The Bertz CT molecular complexity index is 1220. The standard InChI is InChI=1S/C19H19ClIN6PS/c1-10-9-26(3)25-17(10)12-5-6-13(15(7-12)29-4)23-14-8-16(20)24-19-18(14)22-11(2)27(19)28-21/h5-9,28H,1-4H3,(H,23,24). The summed E-state index contributed by atoms with van der Waals surface area (Å²) in [6.45, 7) is 4.07. The first-order chi connectivity index (χ1) is 13.9. The van der Waals surface area contributed by atoms with Crippen molar-refractivity contribution < 1.29 is 0 Å². The van der Waals surface area contributed by atoms with Gasteiger partial charge in [0, 0.05) is 29.8 Å². The van der Waals surface area contributed by atoms with Crippen LogP contribution in [0.5, 0.6) is 0 Å². The number of nitrogens with zero attached hydrogens (tertiary/aromatic N) is 5. The van der Waals surface area contributed by atoms with E-state index >= 15 is 0 Å². The zero-order valence-corrected chi connectivity index (χ0v) is 21.0. The van der Waals surface area contributed by atoms with E-state index in [2.05, 4.69) is 73.2 Å². The average Bonchev–Trinajstić information content (AvgIpc) is 3.19. The second-order valence-electron chi connectivity index (χ2n) is 6.62. The predicted molar refractivity (Wildman–Crippen MR) is 133 cm³/mol. The highest BCUT2D eigenvalue weighted by molar-refractivity contribution is 14.2. The summed E-state index contributed by atoms with van der Waals surface area (Å²) in [5.41, 5.74) is 6.74. The number of halogens is 2. The van der Waals surface area contributed by atoms with Crippen molar-refractivity contribution in [2.24, 2.45) is 7.05 Å². The first-order valence-electron chi connectivity index (χ1n) is 8.79. The molecule has 10 heteroatoms. The summed E-state index contributed by atoms with van der Waals surface area (Å²) in [4.78, 5) is 10.3. The molecule has 0 aliphatic heterocycles. The lowest BCUT2D eigenvalue weighted by molar-refractivity contribution is 0.770. The Balaban J connectivity index is 1.78. The van der Waals surface area contributed by atoms with E-state index in [1.165, 1.54) is 0 Å². The van der Waals surface area contributed by atoms with E-state index in [4.69, 9.17) is 16.6 Å². The second-order valence-corrected chi connectivity index (χ2v) is 9.92. The number of aromatic nitrogens is 5. The third-order valence-electron chi connectivity index (χ3n) is 4.59. The zero-order valence-electron chi connectivity index (χ0n) is 16.3. The number of hydrogen-bond acceptors (Lipinski definition) is 5. The van der Waals surface area contributed by atoms with Crippen LogP contribution >= 0.6 is 51.8 Å². The van der Waals surface area contributed by atoms with Gasteiger partial charge in [0.1, 0.15) is 16.5 Å². The van der Waals surface area contributed by atoms with Gasteiger partial charge in [-0.15, -0.1) is 11.8 Å². The molecule has 4 aromatic rings. The number of anilines is 2. The van der Waals surface area contributed by atoms with Gasteiger partial charge in [-0.1, -0.05) is 17.7 Å². The monoisotopic (exact) mass is 556 g/mol. The molecule has 29 heavy (non-hydrogen) atoms. The van der Waals surface area contributed by atoms with E-state index in [1.54, 1.807) is 11.8 Å². The summed E-state index contributed by atoms with van der Waals surface area (Å²) in [5.74, 6) is 0.927. The van der Waals surface area contributed by atoms with Gasteiger partial charge in [0.25, 0.3) is 0 Å². The fraction of sp³-hybridized carbons (Fsp3) is 0.211. The van der Waals surface area contributed by atoms with Crippen LogP contribution in [0, 0.1) is 13.8 Å². The van der Waals surface area contributed by atoms with Crippen LogP contribution < -0.4 is 5.32 Å². The summed E-state index contributed by atoms with van der Waals surface area (Å²) in [6, 6.07) is 8.17. The van der Waals surface area contributed by atoms with E-state index in [9.17, 15) is 0 Å². The normalized spacial score (nSPS) is 11.8. The molecule has 0 radical (unpaired) electrons. The minimum Gasteiger partial charge on any atom is -0.353 e. The van der Waals surface area contributed by atoms with Gasteiger partial charge in [0.2, 0.25) is 0 Å². The Labute approximate surface area is 193 Å².